The number of nitrogens with one attached hydrogen (secondary N) is 1. The first-order valence-electron chi connectivity index (χ1n) is 7.54. The van der Waals surface area contributed by atoms with Crippen LogP contribution in [0.25, 0.3) is 0 Å². The van der Waals surface area contributed by atoms with Gasteiger partial charge in [-0.2, -0.15) is 4.31 Å². The van der Waals surface area contributed by atoms with Gasteiger partial charge >= 0.3 is 0 Å². The van der Waals surface area contributed by atoms with Crippen LogP contribution < -0.4 is 9.47 Å². The quantitative estimate of drug-likeness (QED) is 0.844. The summed E-state index contributed by atoms with van der Waals surface area (Å²) < 4.78 is 37.9. The van der Waals surface area contributed by atoms with Gasteiger partial charge < -0.3 is 9.47 Å². The average molecular weight is 353 g/mol. The van der Waals surface area contributed by atoms with Crippen molar-refractivity contribution in [1.29, 1.82) is 0 Å². The standard InChI is InChI=1S/C14H19N5O4S/c1-10-13(14(22-2)18-17-10)24(20,21)19-7-3-11(4-8-19)23-12-9-15-5-6-16-12/h5-6,9,11H,3-4,7-8H2,1-2H3,(H,17,18). The van der Waals surface area contributed by atoms with E-state index in [1.165, 1.54) is 11.4 Å². The molecule has 3 rings (SSSR count). The third-order valence-electron chi connectivity index (χ3n) is 3.88. The Morgan fingerprint density at radius 2 is 2.04 bits per heavy atom. The Labute approximate surface area is 140 Å². The van der Waals surface area contributed by atoms with Gasteiger partial charge in [-0.25, -0.2) is 13.4 Å². The van der Waals surface area contributed by atoms with Gasteiger partial charge in [0.05, 0.1) is 19.0 Å². The molecule has 2 aromatic rings. The fraction of sp³-hybridized carbons (Fsp3) is 0.500. The molecule has 1 N–H and O–H groups in total. The van der Waals surface area contributed by atoms with Gasteiger partial charge in [0.2, 0.25) is 15.9 Å². The van der Waals surface area contributed by atoms with Gasteiger partial charge in [-0.15, -0.1) is 5.10 Å². The summed E-state index contributed by atoms with van der Waals surface area (Å²) >= 11 is 0. The Bertz CT molecular complexity index is 785. The Hall–Kier alpha value is -2.20. The molecule has 10 heteroatoms. The van der Waals surface area contributed by atoms with E-state index in [-0.39, 0.29) is 16.9 Å². The van der Waals surface area contributed by atoms with Crippen molar-refractivity contribution in [3.8, 4) is 11.8 Å². The van der Waals surface area contributed by atoms with E-state index in [4.69, 9.17) is 9.47 Å². The molecule has 0 bridgehead atoms. The third kappa shape index (κ3) is 3.20. The number of hydrogen-bond acceptors (Lipinski definition) is 7. The molecule has 0 spiro atoms. The number of aromatic nitrogens is 4. The van der Waals surface area contributed by atoms with Gasteiger partial charge in [0.1, 0.15) is 6.10 Å². The highest BCUT2D eigenvalue weighted by molar-refractivity contribution is 7.89. The van der Waals surface area contributed by atoms with Crippen LogP contribution in [-0.2, 0) is 10.0 Å². The highest BCUT2D eigenvalue weighted by atomic mass is 32.2. The van der Waals surface area contributed by atoms with Crippen LogP contribution in [0.3, 0.4) is 0 Å². The zero-order valence-electron chi connectivity index (χ0n) is 13.5. The lowest BCUT2D eigenvalue weighted by Gasteiger charge is -2.31. The number of aryl methyl sites for hydroxylation is 1. The van der Waals surface area contributed by atoms with Crippen LogP contribution in [0.1, 0.15) is 18.5 Å². The van der Waals surface area contributed by atoms with Crippen molar-refractivity contribution in [3.05, 3.63) is 24.3 Å². The number of nitrogens with zero attached hydrogens (tertiary/aromatic N) is 4. The molecule has 1 aliphatic rings. The number of piperidine rings is 1. The van der Waals surface area contributed by atoms with Gasteiger partial charge in [-0.3, -0.25) is 10.1 Å². The summed E-state index contributed by atoms with van der Waals surface area (Å²) in [7, 11) is -2.26. The lowest BCUT2D eigenvalue weighted by atomic mass is 10.1. The van der Waals surface area contributed by atoms with E-state index < -0.39 is 10.0 Å². The van der Waals surface area contributed by atoms with E-state index in [0.29, 0.717) is 37.5 Å². The fourth-order valence-corrected chi connectivity index (χ4v) is 4.41. The van der Waals surface area contributed by atoms with Crippen molar-refractivity contribution in [1.82, 2.24) is 24.5 Å². The molecular formula is C14H19N5O4S. The SMILES string of the molecule is COc1n[nH]c(C)c1S(=O)(=O)N1CCC(Oc2cnccn2)CC1. The fourth-order valence-electron chi connectivity index (χ4n) is 2.68. The third-order valence-corrected chi connectivity index (χ3v) is 5.92. The number of rotatable bonds is 5. The normalized spacial score (nSPS) is 16.9. The minimum Gasteiger partial charge on any atom is -0.479 e. The predicted molar refractivity (Wildman–Crippen MR) is 84.3 cm³/mol. The van der Waals surface area contributed by atoms with Crippen LogP contribution in [0.4, 0.5) is 0 Å². The summed E-state index contributed by atoms with van der Waals surface area (Å²) in [6.45, 7) is 2.38. The summed E-state index contributed by atoms with van der Waals surface area (Å²) in [5.74, 6) is 0.539. The molecule has 0 amide bonds. The van der Waals surface area contributed by atoms with Crippen molar-refractivity contribution in [2.24, 2.45) is 0 Å². The Morgan fingerprint density at radius 3 is 2.67 bits per heavy atom. The van der Waals surface area contributed by atoms with E-state index in [1.807, 2.05) is 0 Å². The van der Waals surface area contributed by atoms with Gasteiger partial charge in [0.15, 0.2) is 4.90 Å². The summed E-state index contributed by atoms with van der Waals surface area (Å²) in [5.41, 5.74) is 0.463. The average Bonchev–Trinajstić information content (AvgIpc) is 2.98. The molecule has 130 valence electrons. The van der Waals surface area contributed by atoms with Crippen molar-refractivity contribution in [3.63, 3.8) is 0 Å². The molecule has 1 saturated heterocycles. The van der Waals surface area contributed by atoms with Crippen molar-refractivity contribution in [2.45, 2.75) is 30.8 Å². The molecule has 3 heterocycles. The molecule has 0 aromatic carbocycles. The Kier molecular flexibility index (Phi) is 4.67. The summed E-state index contributed by atoms with van der Waals surface area (Å²) in [6.07, 6.45) is 5.75. The molecule has 0 unspecified atom stereocenters. The van der Waals surface area contributed by atoms with Crippen LogP contribution in [-0.4, -0.2) is 59.2 Å². The minimum atomic E-state index is -3.66. The van der Waals surface area contributed by atoms with E-state index >= 15 is 0 Å². The van der Waals surface area contributed by atoms with E-state index in [2.05, 4.69) is 20.2 Å². The molecule has 0 atom stereocenters. The van der Waals surface area contributed by atoms with Crippen molar-refractivity contribution in [2.75, 3.05) is 20.2 Å². The molecule has 9 nitrogen and oxygen atoms in total. The number of H-pyrrole nitrogens is 1. The molecule has 0 radical (unpaired) electrons. The first-order chi connectivity index (χ1) is 11.5. The lowest BCUT2D eigenvalue weighted by Crippen LogP contribution is -2.42. The van der Waals surface area contributed by atoms with Gasteiger partial charge in [0.25, 0.3) is 5.88 Å². The van der Waals surface area contributed by atoms with Gasteiger partial charge in [-0.1, -0.05) is 0 Å². The Morgan fingerprint density at radius 1 is 1.29 bits per heavy atom. The summed E-state index contributed by atoms with van der Waals surface area (Å²) in [5, 5.41) is 6.53. The van der Waals surface area contributed by atoms with Crippen LogP contribution >= 0.6 is 0 Å². The first-order valence-corrected chi connectivity index (χ1v) is 8.98. The van der Waals surface area contributed by atoms with Crippen LogP contribution in [0.15, 0.2) is 23.5 Å². The van der Waals surface area contributed by atoms with E-state index in [9.17, 15) is 8.42 Å². The highest BCUT2D eigenvalue weighted by Gasteiger charge is 2.35. The number of ether oxygens (including phenoxy) is 2. The predicted octanol–water partition coefficient (Wildman–Crippen LogP) is 0.749. The number of hydrogen-bond donors (Lipinski definition) is 1. The maximum atomic E-state index is 12.8. The maximum absolute atomic E-state index is 12.8. The largest absolute Gasteiger partial charge is 0.479 e. The monoisotopic (exact) mass is 353 g/mol. The zero-order valence-corrected chi connectivity index (χ0v) is 14.3. The van der Waals surface area contributed by atoms with Gasteiger partial charge in [0, 0.05) is 25.5 Å². The molecular weight excluding hydrogens is 334 g/mol. The molecule has 0 saturated carbocycles. The summed E-state index contributed by atoms with van der Waals surface area (Å²) in [6, 6.07) is 0. The van der Waals surface area contributed by atoms with Crippen LogP contribution in [0.2, 0.25) is 0 Å². The second kappa shape index (κ2) is 6.73. The molecule has 1 aliphatic heterocycles. The topological polar surface area (TPSA) is 110 Å². The first kappa shape index (κ1) is 16.7. The number of sulfonamides is 1. The second-order valence-corrected chi connectivity index (χ2v) is 7.33. The molecule has 24 heavy (non-hydrogen) atoms. The van der Waals surface area contributed by atoms with Crippen molar-refractivity contribution >= 4 is 10.0 Å². The minimum absolute atomic E-state index is 0.0829. The van der Waals surface area contributed by atoms with Gasteiger partial charge in [-0.05, 0) is 19.8 Å². The number of methoxy groups -OCH3 is 1. The maximum Gasteiger partial charge on any atom is 0.253 e. The second-order valence-electron chi connectivity index (χ2n) is 5.45. The lowest BCUT2D eigenvalue weighted by molar-refractivity contribution is 0.129. The van der Waals surface area contributed by atoms with E-state index in [1.54, 1.807) is 25.5 Å². The smallest absolute Gasteiger partial charge is 0.253 e. The molecule has 1 fully saturated rings. The number of aromatic amines is 1. The van der Waals surface area contributed by atoms with Crippen LogP contribution in [0.5, 0.6) is 11.8 Å². The van der Waals surface area contributed by atoms with Crippen molar-refractivity contribution < 1.29 is 17.9 Å². The Balaban J connectivity index is 1.68. The highest BCUT2D eigenvalue weighted by Crippen LogP contribution is 2.29. The van der Waals surface area contributed by atoms with E-state index in [0.717, 1.165) is 0 Å². The molecule has 0 aliphatic carbocycles. The zero-order chi connectivity index (χ0) is 17.2. The summed E-state index contributed by atoms with van der Waals surface area (Å²) in [4.78, 5) is 8.11. The molecule has 2 aromatic heterocycles. The van der Waals surface area contributed by atoms with Crippen LogP contribution in [0, 0.1) is 6.92 Å².